The summed E-state index contributed by atoms with van der Waals surface area (Å²) in [5.41, 5.74) is 1.68. The van der Waals surface area contributed by atoms with E-state index in [9.17, 15) is 4.79 Å². The van der Waals surface area contributed by atoms with Crippen molar-refractivity contribution in [2.24, 2.45) is 5.92 Å². The number of amides is 1. The first-order valence-electron chi connectivity index (χ1n) is 6.95. The second kappa shape index (κ2) is 7.24. The van der Waals surface area contributed by atoms with Crippen LogP contribution in [0.1, 0.15) is 12.8 Å². The van der Waals surface area contributed by atoms with Gasteiger partial charge in [0.2, 0.25) is 5.91 Å². The lowest BCUT2D eigenvalue weighted by Crippen LogP contribution is -2.37. The molecule has 1 saturated heterocycles. The predicted molar refractivity (Wildman–Crippen MR) is 85.0 cm³/mol. The van der Waals surface area contributed by atoms with Crippen molar-refractivity contribution in [3.63, 3.8) is 0 Å². The number of benzene rings is 1. The molecule has 1 fully saturated rings. The zero-order chi connectivity index (χ0) is 13.8. The molecule has 1 aliphatic rings. The highest BCUT2D eigenvalue weighted by atomic mass is 35.5. The van der Waals surface area contributed by atoms with Crippen LogP contribution in [0.5, 0.6) is 0 Å². The zero-order valence-corrected chi connectivity index (χ0v) is 12.5. The lowest BCUT2D eigenvalue weighted by molar-refractivity contribution is -0.120. The van der Waals surface area contributed by atoms with Crippen LogP contribution in [0.4, 0.5) is 5.69 Å². The smallest absolute Gasteiger partial charge is 0.228 e. The molecule has 0 bridgehead atoms. The molecule has 2 N–H and O–H groups in total. The van der Waals surface area contributed by atoms with Crippen molar-refractivity contribution in [2.75, 3.05) is 18.4 Å². The van der Waals surface area contributed by atoms with Gasteiger partial charge in [0.15, 0.2) is 0 Å². The number of hydrogen-bond donors (Lipinski definition) is 2. The molecule has 5 nitrogen and oxygen atoms in total. The first kappa shape index (κ1) is 15.5. The molecular formula is C15H19ClN4O. The van der Waals surface area contributed by atoms with E-state index < -0.39 is 0 Å². The van der Waals surface area contributed by atoms with E-state index in [2.05, 4.69) is 15.7 Å². The Bertz CT molecular complexity index is 579. The van der Waals surface area contributed by atoms with Crippen molar-refractivity contribution < 1.29 is 4.79 Å². The van der Waals surface area contributed by atoms with Crippen molar-refractivity contribution in [3.8, 4) is 5.69 Å². The van der Waals surface area contributed by atoms with Gasteiger partial charge in [-0.3, -0.25) is 4.79 Å². The first-order chi connectivity index (χ1) is 9.84. The quantitative estimate of drug-likeness (QED) is 0.914. The number of anilines is 1. The van der Waals surface area contributed by atoms with Crippen LogP contribution in [0, 0.1) is 5.92 Å². The maximum Gasteiger partial charge on any atom is 0.228 e. The number of piperidine rings is 1. The van der Waals surface area contributed by atoms with Gasteiger partial charge in [-0.2, -0.15) is 5.10 Å². The monoisotopic (exact) mass is 306 g/mol. The summed E-state index contributed by atoms with van der Waals surface area (Å²) in [7, 11) is 0. The fraction of sp³-hybridized carbons (Fsp3) is 0.333. The van der Waals surface area contributed by atoms with Gasteiger partial charge in [0.1, 0.15) is 0 Å². The Hall–Kier alpha value is -1.85. The average Bonchev–Trinajstić information content (AvgIpc) is 3.03. The maximum absolute atomic E-state index is 12.3. The number of nitrogens with zero attached hydrogens (tertiary/aromatic N) is 2. The standard InChI is InChI=1S/C15H18N4O.ClH/c20-15(12-5-3-8-16-11-12)18-13-6-1-2-7-14(13)19-10-4-9-17-19;/h1-2,4,6-7,9-10,12,16H,3,5,8,11H2,(H,18,20);1H/t12-;/m1./s1. The van der Waals surface area contributed by atoms with E-state index in [1.54, 1.807) is 10.9 Å². The van der Waals surface area contributed by atoms with Gasteiger partial charge in [-0.05, 0) is 37.6 Å². The van der Waals surface area contributed by atoms with Crippen molar-refractivity contribution in [1.29, 1.82) is 0 Å². The largest absolute Gasteiger partial charge is 0.324 e. The molecule has 112 valence electrons. The molecule has 1 amide bonds. The van der Waals surface area contributed by atoms with Gasteiger partial charge in [-0.15, -0.1) is 12.4 Å². The predicted octanol–water partition coefficient (Wildman–Crippen LogP) is 2.23. The Labute approximate surface area is 130 Å². The molecule has 2 aromatic rings. The van der Waals surface area contributed by atoms with Crippen LogP contribution in [0.15, 0.2) is 42.7 Å². The molecule has 0 aliphatic carbocycles. The van der Waals surface area contributed by atoms with Gasteiger partial charge in [-0.1, -0.05) is 12.1 Å². The van der Waals surface area contributed by atoms with Crippen LogP contribution in [0.2, 0.25) is 0 Å². The Balaban J connectivity index is 0.00000161. The Kier molecular flexibility index (Phi) is 5.36. The van der Waals surface area contributed by atoms with E-state index in [1.807, 2.05) is 36.5 Å². The van der Waals surface area contributed by atoms with Crippen molar-refractivity contribution in [1.82, 2.24) is 15.1 Å². The van der Waals surface area contributed by atoms with Gasteiger partial charge in [0.05, 0.1) is 17.3 Å². The number of hydrogen-bond acceptors (Lipinski definition) is 3. The highest BCUT2D eigenvalue weighted by Crippen LogP contribution is 2.21. The van der Waals surface area contributed by atoms with Crippen LogP contribution in [-0.4, -0.2) is 28.8 Å². The fourth-order valence-corrected chi connectivity index (χ4v) is 2.50. The van der Waals surface area contributed by atoms with Crippen molar-refractivity contribution in [2.45, 2.75) is 12.8 Å². The summed E-state index contributed by atoms with van der Waals surface area (Å²) in [6.07, 6.45) is 5.60. The minimum Gasteiger partial charge on any atom is -0.324 e. The number of nitrogens with one attached hydrogen (secondary N) is 2. The summed E-state index contributed by atoms with van der Waals surface area (Å²) in [6.45, 7) is 1.77. The van der Waals surface area contributed by atoms with E-state index in [4.69, 9.17) is 0 Å². The van der Waals surface area contributed by atoms with Crippen molar-refractivity contribution >= 4 is 24.0 Å². The van der Waals surface area contributed by atoms with E-state index in [-0.39, 0.29) is 24.2 Å². The van der Waals surface area contributed by atoms with E-state index in [1.165, 1.54) is 0 Å². The molecule has 0 spiro atoms. The molecule has 0 saturated carbocycles. The number of para-hydroxylation sites is 2. The minimum atomic E-state index is 0. The van der Waals surface area contributed by atoms with Gasteiger partial charge >= 0.3 is 0 Å². The van der Waals surface area contributed by atoms with Crippen LogP contribution in [-0.2, 0) is 4.79 Å². The first-order valence-corrected chi connectivity index (χ1v) is 6.95. The third-order valence-corrected chi connectivity index (χ3v) is 3.58. The topological polar surface area (TPSA) is 59.0 Å². The lowest BCUT2D eigenvalue weighted by Gasteiger charge is -2.22. The highest BCUT2D eigenvalue weighted by molar-refractivity contribution is 5.94. The van der Waals surface area contributed by atoms with Gasteiger partial charge < -0.3 is 10.6 Å². The molecule has 21 heavy (non-hydrogen) atoms. The summed E-state index contributed by atoms with van der Waals surface area (Å²) in [4.78, 5) is 12.3. The Morgan fingerprint density at radius 1 is 1.33 bits per heavy atom. The van der Waals surface area contributed by atoms with Gasteiger partial charge in [0.25, 0.3) is 0 Å². The molecular weight excluding hydrogens is 288 g/mol. The van der Waals surface area contributed by atoms with Crippen LogP contribution >= 0.6 is 12.4 Å². The summed E-state index contributed by atoms with van der Waals surface area (Å²) in [5, 5.41) is 10.5. The average molecular weight is 307 g/mol. The number of carbonyl (C=O) groups is 1. The summed E-state index contributed by atoms with van der Waals surface area (Å²) in [5.74, 6) is 0.131. The molecule has 1 aromatic heterocycles. The third kappa shape index (κ3) is 3.62. The zero-order valence-electron chi connectivity index (χ0n) is 11.7. The SMILES string of the molecule is Cl.O=C(Nc1ccccc1-n1cccn1)[C@@H]1CCCNC1. The van der Waals surface area contributed by atoms with Crippen LogP contribution < -0.4 is 10.6 Å². The third-order valence-electron chi connectivity index (χ3n) is 3.58. The van der Waals surface area contributed by atoms with Crippen LogP contribution in [0.3, 0.4) is 0 Å². The normalized spacial score (nSPS) is 17.8. The second-order valence-electron chi connectivity index (χ2n) is 5.00. The molecule has 3 rings (SSSR count). The fourth-order valence-electron chi connectivity index (χ4n) is 2.50. The van der Waals surface area contributed by atoms with E-state index in [0.717, 1.165) is 37.3 Å². The summed E-state index contributed by atoms with van der Waals surface area (Å²) < 4.78 is 1.76. The minimum absolute atomic E-state index is 0. The number of aromatic nitrogens is 2. The van der Waals surface area contributed by atoms with Gasteiger partial charge in [-0.25, -0.2) is 4.68 Å². The molecule has 6 heteroatoms. The van der Waals surface area contributed by atoms with Crippen molar-refractivity contribution in [3.05, 3.63) is 42.7 Å². The van der Waals surface area contributed by atoms with Crippen LogP contribution in [0.25, 0.3) is 5.69 Å². The van der Waals surface area contributed by atoms with E-state index >= 15 is 0 Å². The molecule has 2 heterocycles. The molecule has 1 aromatic carbocycles. The number of rotatable bonds is 3. The highest BCUT2D eigenvalue weighted by Gasteiger charge is 2.21. The summed E-state index contributed by atoms with van der Waals surface area (Å²) >= 11 is 0. The molecule has 1 aliphatic heterocycles. The Morgan fingerprint density at radius 2 is 2.19 bits per heavy atom. The Morgan fingerprint density at radius 3 is 2.90 bits per heavy atom. The number of halogens is 1. The lowest BCUT2D eigenvalue weighted by atomic mass is 9.99. The summed E-state index contributed by atoms with van der Waals surface area (Å²) in [6, 6.07) is 9.58. The molecule has 1 atom stereocenters. The molecule has 0 radical (unpaired) electrons. The molecule has 0 unspecified atom stereocenters. The van der Waals surface area contributed by atoms with E-state index in [0.29, 0.717) is 0 Å². The van der Waals surface area contributed by atoms with Gasteiger partial charge in [0, 0.05) is 18.9 Å². The second-order valence-corrected chi connectivity index (χ2v) is 5.00. The number of carbonyl (C=O) groups excluding carboxylic acids is 1. The maximum atomic E-state index is 12.3.